The fourth-order valence-corrected chi connectivity index (χ4v) is 3.88. The molecule has 1 aromatic heterocycles. The van der Waals surface area contributed by atoms with Crippen LogP contribution in [0.2, 0.25) is 0 Å². The quantitative estimate of drug-likeness (QED) is 0.165. The number of rotatable bonds is 2. The summed E-state index contributed by atoms with van der Waals surface area (Å²) in [4.78, 5) is 24.6. The summed E-state index contributed by atoms with van der Waals surface area (Å²) in [6, 6.07) is 8.82. The van der Waals surface area contributed by atoms with Gasteiger partial charge in [0.05, 0.1) is 13.9 Å². The van der Waals surface area contributed by atoms with Crippen molar-refractivity contribution in [2.45, 2.75) is 0 Å². The number of aromatic nitrogens is 1. The molecule has 3 aromatic rings. The van der Waals surface area contributed by atoms with Gasteiger partial charge in [-0.15, -0.1) is 0 Å². The number of aromatic carboxylic acids is 1. The van der Waals surface area contributed by atoms with Crippen molar-refractivity contribution in [3.8, 4) is 11.5 Å². The van der Waals surface area contributed by atoms with E-state index in [1.165, 1.54) is 24.4 Å². The third-order valence-electron chi connectivity index (χ3n) is 3.18. The molecule has 1 radical (unpaired) electrons. The van der Waals surface area contributed by atoms with E-state index in [9.17, 15) is 25.1 Å². The number of pyridine rings is 1. The van der Waals surface area contributed by atoms with Crippen molar-refractivity contribution in [1.29, 1.82) is 0 Å². The summed E-state index contributed by atoms with van der Waals surface area (Å²) in [6.07, 6.45) is 1.48. The summed E-state index contributed by atoms with van der Waals surface area (Å²) in [7, 11) is 0. The topological polar surface area (TPSA) is 134 Å². The number of fused-ring (bicyclic) bond motifs is 1. The maximum Gasteiger partial charge on any atom is 0.339 e. The molecular formula is C16H10CuI2N2O6. The number of carboxylic acid groups (broad SMARTS) is 1. The molecule has 0 atom stereocenters. The Hall–Kier alpha value is -1.70. The van der Waals surface area contributed by atoms with Gasteiger partial charge < -0.3 is 15.3 Å². The number of non-ortho nitro benzene ring substituents is 1. The monoisotopic (exact) mass is 643 g/mol. The molecule has 0 saturated carbocycles. The van der Waals surface area contributed by atoms with Crippen LogP contribution >= 0.6 is 45.2 Å². The van der Waals surface area contributed by atoms with Gasteiger partial charge in [0.15, 0.2) is 0 Å². The molecule has 27 heavy (non-hydrogen) atoms. The second-order valence-electron chi connectivity index (χ2n) is 4.85. The predicted molar refractivity (Wildman–Crippen MR) is 111 cm³/mol. The third-order valence-corrected chi connectivity index (χ3v) is 4.63. The van der Waals surface area contributed by atoms with Crippen molar-refractivity contribution in [3.63, 3.8) is 0 Å². The number of phenols is 2. The Balaban J connectivity index is 0.000000264. The molecule has 0 fully saturated rings. The van der Waals surface area contributed by atoms with Gasteiger partial charge in [-0.2, -0.15) is 0 Å². The summed E-state index contributed by atoms with van der Waals surface area (Å²) in [5, 5.41) is 38.3. The summed E-state index contributed by atoms with van der Waals surface area (Å²) < 4.78 is 1.35. The van der Waals surface area contributed by atoms with E-state index in [1.807, 2.05) is 45.2 Å². The van der Waals surface area contributed by atoms with E-state index >= 15 is 0 Å². The van der Waals surface area contributed by atoms with Crippen LogP contribution in [0.1, 0.15) is 10.4 Å². The number of carbonyl (C=O) groups is 1. The minimum Gasteiger partial charge on any atom is -0.506 e. The Bertz CT molecular complexity index is 1020. The average Bonchev–Trinajstić information content (AvgIpc) is 2.58. The first-order valence-corrected chi connectivity index (χ1v) is 9.00. The third kappa shape index (κ3) is 5.64. The van der Waals surface area contributed by atoms with Crippen molar-refractivity contribution in [2.24, 2.45) is 0 Å². The molecule has 0 spiro atoms. The van der Waals surface area contributed by atoms with Crippen LogP contribution < -0.4 is 0 Å². The number of nitro benzene ring substituents is 1. The molecule has 0 amide bonds. The van der Waals surface area contributed by atoms with Crippen molar-refractivity contribution >= 4 is 67.7 Å². The van der Waals surface area contributed by atoms with Gasteiger partial charge in [0.2, 0.25) is 0 Å². The van der Waals surface area contributed by atoms with Crippen LogP contribution in [-0.4, -0.2) is 31.2 Å². The van der Waals surface area contributed by atoms with Gasteiger partial charge in [-0.25, -0.2) is 4.79 Å². The number of hydrogen-bond acceptors (Lipinski definition) is 6. The van der Waals surface area contributed by atoms with Gasteiger partial charge in [0, 0.05) is 32.9 Å². The standard InChI is InChI=1S/C9H6N2O3.C7H4I2O3.Cu/c12-8-4-3-7(11(13)14)6-2-1-5-10-9(6)8;8-3-1-4(7(11)12)6(10)5(9)2-3;/h1-5,12H;1-2,10H,(H,11,12);. The van der Waals surface area contributed by atoms with Gasteiger partial charge in [0.1, 0.15) is 22.6 Å². The van der Waals surface area contributed by atoms with Crippen LogP contribution in [-0.2, 0) is 17.1 Å². The first-order valence-electron chi connectivity index (χ1n) is 6.84. The van der Waals surface area contributed by atoms with Gasteiger partial charge in [-0.05, 0) is 75.5 Å². The van der Waals surface area contributed by atoms with E-state index in [-0.39, 0.29) is 45.3 Å². The van der Waals surface area contributed by atoms with Crippen LogP contribution in [0.4, 0.5) is 5.69 Å². The summed E-state index contributed by atoms with van der Waals surface area (Å²) in [5.41, 5.74) is 0.152. The number of carboxylic acids is 1. The molecular weight excluding hydrogens is 634 g/mol. The Morgan fingerprint density at radius 2 is 1.81 bits per heavy atom. The number of nitro groups is 1. The zero-order chi connectivity index (χ0) is 19.4. The molecule has 0 aliphatic rings. The molecule has 145 valence electrons. The Morgan fingerprint density at radius 1 is 1.15 bits per heavy atom. The summed E-state index contributed by atoms with van der Waals surface area (Å²) >= 11 is 3.89. The largest absolute Gasteiger partial charge is 0.506 e. The summed E-state index contributed by atoms with van der Waals surface area (Å²) in [5.74, 6) is -1.32. The number of phenolic OH excluding ortho intramolecular Hbond substituents is 1. The van der Waals surface area contributed by atoms with Crippen molar-refractivity contribution < 1.29 is 42.1 Å². The number of halogens is 2. The molecule has 11 heteroatoms. The van der Waals surface area contributed by atoms with E-state index in [2.05, 4.69) is 4.98 Å². The predicted octanol–water partition coefficient (Wildman–Crippen LogP) is 4.15. The minimum atomic E-state index is -1.11. The molecule has 0 saturated heterocycles. The van der Waals surface area contributed by atoms with Gasteiger partial charge in [-0.3, -0.25) is 15.1 Å². The normalized spacial score (nSPS) is 9.70. The van der Waals surface area contributed by atoms with Crippen LogP contribution in [0.25, 0.3) is 10.9 Å². The molecule has 3 rings (SSSR count). The Morgan fingerprint density at radius 3 is 2.41 bits per heavy atom. The second-order valence-corrected chi connectivity index (χ2v) is 7.26. The van der Waals surface area contributed by atoms with Crippen molar-refractivity contribution in [3.05, 3.63) is 65.4 Å². The van der Waals surface area contributed by atoms with E-state index in [1.54, 1.807) is 18.2 Å². The fraction of sp³-hybridized carbons (Fsp3) is 0. The van der Waals surface area contributed by atoms with Gasteiger partial charge >= 0.3 is 5.97 Å². The smallest absolute Gasteiger partial charge is 0.339 e. The maximum atomic E-state index is 10.6. The number of aromatic hydroxyl groups is 2. The Labute approximate surface area is 190 Å². The molecule has 2 aromatic carbocycles. The number of nitrogens with zero attached hydrogens (tertiary/aromatic N) is 2. The van der Waals surface area contributed by atoms with Gasteiger partial charge in [0.25, 0.3) is 5.69 Å². The van der Waals surface area contributed by atoms with Gasteiger partial charge in [-0.1, -0.05) is 0 Å². The van der Waals surface area contributed by atoms with Crippen LogP contribution in [0.15, 0.2) is 42.6 Å². The molecule has 8 nitrogen and oxygen atoms in total. The average molecular weight is 644 g/mol. The molecule has 0 unspecified atom stereocenters. The molecule has 0 aliphatic heterocycles. The molecule has 1 heterocycles. The van der Waals surface area contributed by atoms with Crippen molar-refractivity contribution in [2.75, 3.05) is 0 Å². The van der Waals surface area contributed by atoms with Crippen LogP contribution in [0, 0.1) is 17.3 Å². The molecule has 0 bridgehead atoms. The van der Waals surface area contributed by atoms with E-state index in [0.717, 1.165) is 3.57 Å². The molecule has 3 N–H and O–H groups in total. The van der Waals surface area contributed by atoms with E-state index in [4.69, 9.17) is 5.11 Å². The maximum absolute atomic E-state index is 10.6. The Kier molecular flexibility index (Phi) is 8.65. The first kappa shape index (κ1) is 23.3. The van der Waals surface area contributed by atoms with E-state index in [0.29, 0.717) is 8.96 Å². The first-order chi connectivity index (χ1) is 12.2. The summed E-state index contributed by atoms with van der Waals surface area (Å²) in [6.45, 7) is 0. The number of benzene rings is 2. The number of hydrogen-bond donors (Lipinski definition) is 3. The second kappa shape index (κ2) is 10.0. The zero-order valence-corrected chi connectivity index (χ0v) is 18.3. The SMILES string of the molecule is O=C(O)c1cc(I)cc(I)c1O.O=[N+]([O-])c1ccc(O)c2ncccc12.[Cu]. The fourth-order valence-electron chi connectivity index (χ4n) is 2.03. The zero-order valence-electron chi connectivity index (χ0n) is 13.1. The van der Waals surface area contributed by atoms with Crippen LogP contribution in [0.3, 0.4) is 0 Å². The molecule has 0 aliphatic carbocycles. The minimum absolute atomic E-state index is 0. The van der Waals surface area contributed by atoms with Crippen molar-refractivity contribution in [1.82, 2.24) is 4.98 Å². The van der Waals surface area contributed by atoms with E-state index < -0.39 is 10.9 Å². The van der Waals surface area contributed by atoms with Crippen LogP contribution in [0.5, 0.6) is 11.5 Å².